The summed E-state index contributed by atoms with van der Waals surface area (Å²) in [6.45, 7) is 2.35. The molecule has 0 aromatic heterocycles. The molecular formula is C34H36N2O4. The smallest absolute Gasteiger partial charge is 0.314 e. The fourth-order valence-electron chi connectivity index (χ4n) is 6.29. The van der Waals surface area contributed by atoms with Gasteiger partial charge in [-0.25, -0.2) is 0 Å². The van der Waals surface area contributed by atoms with Crippen LogP contribution in [0, 0.1) is 5.92 Å². The van der Waals surface area contributed by atoms with Crippen molar-refractivity contribution in [3.63, 3.8) is 0 Å². The van der Waals surface area contributed by atoms with E-state index in [4.69, 9.17) is 9.47 Å². The zero-order chi connectivity index (χ0) is 27.5. The van der Waals surface area contributed by atoms with Crippen LogP contribution in [0.25, 0.3) is 0 Å². The van der Waals surface area contributed by atoms with Crippen molar-refractivity contribution in [1.82, 2.24) is 0 Å². The minimum atomic E-state index is -0.377. The monoisotopic (exact) mass is 536 g/mol. The van der Waals surface area contributed by atoms with E-state index >= 15 is 0 Å². The summed E-state index contributed by atoms with van der Waals surface area (Å²) >= 11 is 0. The number of allylic oxidation sites excluding steroid dienone is 1. The van der Waals surface area contributed by atoms with Gasteiger partial charge < -0.3 is 20.1 Å². The summed E-state index contributed by atoms with van der Waals surface area (Å²) in [4.78, 5) is 26.8. The maximum absolute atomic E-state index is 13.9. The topological polar surface area (TPSA) is 76.7 Å². The Balaban J connectivity index is 1.36. The van der Waals surface area contributed by atoms with Crippen molar-refractivity contribution in [3.8, 4) is 11.5 Å². The molecule has 6 nitrogen and oxygen atoms in total. The second-order valence-corrected chi connectivity index (χ2v) is 11.0. The molecule has 0 radical (unpaired) electrons. The second kappa shape index (κ2) is 11.6. The van der Waals surface area contributed by atoms with Crippen LogP contribution in [0.3, 0.4) is 0 Å². The van der Waals surface area contributed by atoms with Gasteiger partial charge in [0.1, 0.15) is 0 Å². The Morgan fingerprint density at radius 3 is 2.38 bits per heavy atom. The van der Waals surface area contributed by atoms with Crippen molar-refractivity contribution in [3.05, 3.63) is 95.2 Å². The zero-order valence-electron chi connectivity index (χ0n) is 23.0. The Hall–Kier alpha value is -4.06. The van der Waals surface area contributed by atoms with Crippen LogP contribution < -0.4 is 20.1 Å². The van der Waals surface area contributed by atoms with E-state index in [0.29, 0.717) is 24.5 Å². The first-order chi connectivity index (χ1) is 19.6. The summed E-state index contributed by atoms with van der Waals surface area (Å²) < 4.78 is 11.8. The van der Waals surface area contributed by atoms with Gasteiger partial charge in [0.25, 0.3) is 0 Å². The molecule has 3 aromatic rings. The van der Waals surface area contributed by atoms with E-state index < -0.39 is 0 Å². The van der Waals surface area contributed by atoms with Gasteiger partial charge in [0.15, 0.2) is 17.3 Å². The summed E-state index contributed by atoms with van der Waals surface area (Å²) in [6, 6.07) is 23.6. The molecule has 2 N–H and O–H groups in total. The molecule has 0 bridgehead atoms. The summed E-state index contributed by atoms with van der Waals surface area (Å²) in [5.41, 5.74) is 5.63. The van der Waals surface area contributed by atoms with E-state index in [1.165, 1.54) is 12.0 Å². The lowest BCUT2D eigenvalue weighted by atomic mass is 9.78. The Kier molecular flexibility index (Phi) is 7.58. The number of carbonyl (C=O) groups is 2. The summed E-state index contributed by atoms with van der Waals surface area (Å²) in [5, 5.41) is 7.24. The summed E-state index contributed by atoms with van der Waals surface area (Å²) in [5.74, 6) is 0.952. The standard InChI is InChI=1S/C34H36N2O4/c1-2-39-31-21-24(17-18-30(31)40-34(38)23-13-7-4-8-14-23)33-32-28(35-26-15-9-10-16-27(26)36-33)19-25(20-29(32)37)22-11-5-3-6-12-22/h3,5-6,9-12,15-18,21,23,25,33,35-36H,2,4,7-8,13-14,19-20H2,1H3. The van der Waals surface area contributed by atoms with Crippen LogP contribution in [0.2, 0.25) is 0 Å². The molecule has 0 amide bonds. The number of anilines is 2. The van der Waals surface area contributed by atoms with Gasteiger partial charge in [0, 0.05) is 17.7 Å². The quantitative estimate of drug-likeness (QED) is 0.250. The molecule has 40 heavy (non-hydrogen) atoms. The number of ketones is 1. The fraction of sp³-hybridized carbons (Fsp3) is 0.353. The number of nitrogens with one attached hydrogen (secondary N) is 2. The maximum atomic E-state index is 13.9. The van der Waals surface area contributed by atoms with Crippen LogP contribution in [-0.2, 0) is 9.59 Å². The highest BCUT2D eigenvalue weighted by atomic mass is 16.6. The van der Waals surface area contributed by atoms with Crippen LogP contribution in [-0.4, -0.2) is 18.4 Å². The number of Topliss-reactive ketones (excluding diaryl/α,β-unsaturated/α-hetero) is 1. The van der Waals surface area contributed by atoms with E-state index in [0.717, 1.165) is 60.3 Å². The molecule has 206 valence electrons. The summed E-state index contributed by atoms with van der Waals surface area (Å²) in [7, 11) is 0. The molecule has 1 saturated carbocycles. The summed E-state index contributed by atoms with van der Waals surface area (Å²) in [6.07, 6.45) is 6.26. The Morgan fingerprint density at radius 1 is 0.850 bits per heavy atom. The lowest BCUT2D eigenvalue weighted by Crippen LogP contribution is -2.27. The van der Waals surface area contributed by atoms with Crippen LogP contribution >= 0.6 is 0 Å². The van der Waals surface area contributed by atoms with Gasteiger partial charge in [-0.1, -0.05) is 67.8 Å². The van der Waals surface area contributed by atoms with Gasteiger partial charge in [-0.05, 0) is 67.5 Å². The molecule has 2 unspecified atom stereocenters. The highest BCUT2D eigenvalue weighted by Crippen LogP contribution is 2.45. The highest BCUT2D eigenvalue weighted by molar-refractivity contribution is 6.01. The first-order valence-electron chi connectivity index (χ1n) is 14.5. The van der Waals surface area contributed by atoms with Gasteiger partial charge in [-0.15, -0.1) is 0 Å². The van der Waals surface area contributed by atoms with Crippen LogP contribution in [0.4, 0.5) is 11.4 Å². The predicted molar refractivity (Wildman–Crippen MR) is 157 cm³/mol. The SMILES string of the molecule is CCOc1cc(C2Nc3ccccc3NC3=C2C(=O)CC(c2ccccc2)C3)ccc1OC(=O)C1CCCCC1. The zero-order valence-corrected chi connectivity index (χ0v) is 23.0. The maximum Gasteiger partial charge on any atom is 0.314 e. The number of para-hydroxylation sites is 2. The van der Waals surface area contributed by atoms with E-state index in [2.05, 4.69) is 22.8 Å². The minimum Gasteiger partial charge on any atom is -0.490 e. The van der Waals surface area contributed by atoms with E-state index in [1.54, 1.807) is 0 Å². The molecule has 0 spiro atoms. The van der Waals surface area contributed by atoms with Crippen LogP contribution in [0.1, 0.15) is 75.0 Å². The molecule has 6 heteroatoms. The first kappa shape index (κ1) is 26.2. The number of fused-ring (bicyclic) bond motifs is 1. The number of carbonyl (C=O) groups excluding carboxylic acids is 2. The second-order valence-electron chi connectivity index (χ2n) is 11.0. The van der Waals surface area contributed by atoms with Crippen molar-refractivity contribution in [2.75, 3.05) is 17.2 Å². The Bertz CT molecular complexity index is 1420. The average Bonchev–Trinajstić information content (AvgIpc) is 3.16. The molecule has 0 saturated heterocycles. The molecular weight excluding hydrogens is 500 g/mol. The van der Waals surface area contributed by atoms with Gasteiger partial charge in [-0.2, -0.15) is 0 Å². The lowest BCUT2D eigenvalue weighted by molar-refractivity contribution is -0.140. The van der Waals surface area contributed by atoms with Crippen LogP contribution in [0.15, 0.2) is 84.1 Å². The number of hydrogen-bond acceptors (Lipinski definition) is 6. The molecule has 1 heterocycles. The number of rotatable bonds is 6. The van der Waals surface area contributed by atoms with E-state index in [1.807, 2.05) is 67.6 Å². The molecule has 2 atom stereocenters. The molecule has 1 aliphatic heterocycles. The average molecular weight is 537 g/mol. The van der Waals surface area contributed by atoms with Crippen molar-refractivity contribution in [1.29, 1.82) is 0 Å². The molecule has 3 aromatic carbocycles. The number of hydrogen-bond donors (Lipinski definition) is 2. The first-order valence-corrected chi connectivity index (χ1v) is 14.5. The van der Waals surface area contributed by atoms with Gasteiger partial charge >= 0.3 is 5.97 Å². The number of benzene rings is 3. The van der Waals surface area contributed by atoms with E-state index in [9.17, 15) is 9.59 Å². The highest BCUT2D eigenvalue weighted by Gasteiger charge is 2.36. The van der Waals surface area contributed by atoms with Crippen molar-refractivity contribution < 1.29 is 19.1 Å². The molecule has 2 aliphatic carbocycles. The van der Waals surface area contributed by atoms with Crippen molar-refractivity contribution >= 4 is 23.1 Å². The predicted octanol–water partition coefficient (Wildman–Crippen LogP) is 7.55. The largest absolute Gasteiger partial charge is 0.490 e. The normalized spacial score (nSPS) is 20.9. The van der Waals surface area contributed by atoms with Crippen molar-refractivity contribution in [2.45, 2.75) is 63.8 Å². The fourth-order valence-corrected chi connectivity index (χ4v) is 6.29. The third-order valence-electron chi connectivity index (χ3n) is 8.33. The van der Waals surface area contributed by atoms with Gasteiger partial charge in [0.05, 0.1) is 29.9 Å². The molecule has 1 fully saturated rings. The van der Waals surface area contributed by atoms with Crippen LogP contribution in [0.5, 0.6) is 11.5 Å². The third-order valence-corrected chi connectivity index (χ3v) is 8.33. The Labute approximate surface area is 235 Å². The molecule has 6 rings (SSSR count). The Morgan fingerprint density at radius 2 is 1.60 bits per heavy atom. The molecule has 3 aliphatic rings. The number of esters is 1. The third kappa shape index (κ3) is 5.35. The number of ether oxygens (including phenoxy) is 2. The van der Waals surface area contributed by atoms with Gasteiger partial charge in [-0.3, -0.25) is 9.59 Å². The van der Waals surface area contributed by atoms with Crippen molar-refractivity contribution in [2.24, 2.45) is 5.92 Å². The minimum absolute atomic E-state index is 0.0564. The van der Waals surface area contributed by atoms with E-state index in [-0.39, 0.29) is 29.6 Å². The van der Waals surface area contributed by atoms with Gasteiger partial charge in [0.2, 0.25) is 0 Å². The lowest BCUT2D eigenvalue weighted by Gasteiger charge is -2.30.